The van der Waals surface area contributed by atoms with Crippen LogP contribution in [0.4, 0.5) is 0 Å². The Balaban J connectivity index is 0. The zero-order valence-electron chi connectivity index (χ0n) is 8.15. The summed E-state index contributed by atoms with van der Waals surface area (Å²) in [6.07, 6.45) is 0.413. The van der Waals surface area contributed by atoms with E-state index in [1.807, 2.05) is 6.07 Å². The van der Waals surface area contributed by atoms with Crippen LogP contribution >= 0.6 is 0 Å². The van der Waals surface area contributed by atoms with Crippen molar-refractivity contribution in [1.82, 2.24) is 0 Å². The molecule has 0 aliphatic rings. The van der Waals surface area contributed by atoms with E-state index >= 15 is 0 Å². The van der Waals surface area contributed by atoms with E-state index < -0.39 is 15.4 Å². The minimum atomic E-state index is -4.22. The van der Waals surface area contributed by atoms with Crippen LogP contribution in [0, 0.1) is 17.2 Å². The van der Waals surface area contributed by atoms with Crippen LogP contribution in [0.2, 0.25) is 0 Å². The van der Waals surface area contributed by atoms with Crippen LogP contribution in [0.1, 0.15) is 26.7 Å². The molecule has 13 heavy (non-hydrogen) atoms. The monoisotopic (exact) mass is 213 g/mol. The van der Waals surface area contributed by atoms with Crippen molar-refractivity contribution in [2.24, 2.45) is 5.92 Å². The summed E-state index contributed by atoms with van der Waals surface area (Å²) >= 11 is 0. The molecule has 2 unspecified atom stereocenters. The van der Waals surface area contributed by atoms with Crippen LogP contribution in [0.5, 0.6) is 0 Å². The van der Waals surface area contributed by atoms with Gasteiger partial charge in [0.1, 0.15) is 0 Å². The second-order valence-corrected chi connectivity index (χ2v) is 4.44. The second-order valence-electron chi connectivity index (χ2n) is 2.79. The Kier molecular flexibility index (Phi) is 8.29. The molecule has 0 aromatic heterocycles. The van der Waals surface area contributed by atoms with Crippen LogP contribution in [0.15, 0.2) is 0 Å². The first-order valence-corrected chi connectivity index (χ1v) is 5.23. The number of hydrogen-bond donors (Lipinski definition) is 0. The van der Waals surface area contributed by atoms with Crippen molar-refractivity contribution in [3.8, 4) is 6.07 Å². The first kappa shape index (κ1) is 15.9. The molecule has 4 nitrogen and oxygen atoms in total. The fourth-order valence-electron chi connectivity index (χ4n) is 0.936. The van der Waals surface area contributed by atoms with Gasteiger partial charge in [0.15, 0.2) is 0 Å². The molecule has 0 rings (SSSR count). The Labute approximate surface area is 101 Å². The average Bonchev–Trinajstić information content (AvgIpc) is 1.97. The third kappa shape index (κ3) is 6.47. The number of nitrogens with zero attached hydrogens (tertiary/aromatic N) is 1. The van der Waals surface area contributed by atoms with Crippen molar-refractivity contribution in [3.63, 3.8) is 0 Å². The zero-order chi connectivity index (χ0) is 9.78. The van der Waals surface area contributed by atoms with Crippen LogP contribution < -0.4 is 29.6 Å². The van der Waals surface area contributed by atoms with Gasteiger partial charge in [-0.15, -0.1) is 0 Å². The minimum Gasteiger partial charge on any atom is -0.748 e. The maximum atomic E-state index is 10.5. The van der Waals surface area contributed by atoms with E-state index in [1.54, 1.807) is 13.8 Å². The van der Waals surface area contributed by atoms with Crippen molar-refractivity contribution < 1.29 is 42.5 Å². The first-order valence-electron chi connectivity index (χ1n) is 3.76. The fourth-order valence-corrected chi connectivity index (χ4v) is 1.87. The summed E-state index contributed by atoms with van der Waals surface area (Å²) in [5.41, 5.74) is 0. The van der Waals surface area contributed by atoms with Gasteiger partial charge in [-0.2, -0.15) is 5.26 Å². The van der Waals surface area contributed by atoms with Crippen molar-refractivity contribution >= 4 is 10.1 Å². The number of rotatable bonds is 4. The summed E-state index contributed by atoms with van der Waals surface area (Å²) in [6.45, 7) is 3.23. The van der Waals surface area contributed by atoms with Crippen molar-refractivity contribution in [2.45, 2.75) is 31.9 Å². The van der Waals surface area contributed by atoms with E-state index in [0.717, 1.165) is 0 Å². The Morgan fingerprint density at radius 3 is 2.23 bits per heavy atom. The Hall–Kier alpha value is 0.400. The topological polar surface area (TPSA) is 81.0 Å². The molecule has 6 heteroatoms. The molecule has 0 N–H and O–H groups in total. The van der Waals surface area contributed by atoms with Crippen LogP contribution in [0.3, 0.4) is 0 Å². The first-order chi connectivity index (χ1) is 5.41. The van der Waals surface area contributed by atoms with E-state index in [1.165, 1.54) is 0 Å². The molecule has 0 saturated heterocycles. The summed E-state index contributed by atoms with van der Waals surface area (Å²) < 4.78 is 31.6. The van der Waals surface area contributed by atoms with E-state index in [0.29, 0.717) is 0 Å². The maximum Gasteiger partial charge on any atom is 1.00 e. The minimum absolute atomic E-state index is 0. The van der Waals surface area contributed by atoms with Gasteiger partial charge >= 0.3 is 29.6 Å². The van der Waals surface area contributed by atoms with Gasteiger partial charge in [0.2, 0.25) is 0 Å². The molecule has 0 aliphatic heterocycles. The second kappa shape index (κ2) is 6.80. The third-order valence-electron chi connectivity index (χ3n) is 1.70. The molecular weight excluding hydrogens is 201 g/mol. The summed E-state index contributed by atoms with van der Waals surface area (Å²) in [4.78, 5) is 0. The quantitative estimate of drug-likeness (QED) is 0.394. The average molecular weight is 213 g/mol. The molecule has 0 fully saturated rings. The van der Waals surface area contributed by atoms with Gasteiger partial charge in [0.05, 0.1) is 21.4 Å². The van der Waals surface area contributed by atoms with Gasteiger partial charge < -0.3 is 4.55 Å². The van der Waals surface area contributed by atoms with E-state index in [4.69, 9.17) is 5.26 Å². The summed E-state index contributed by atoms with van der Waals surface area (Å²) in [5.74, 6) is -0.376. The Morgan fingerprint density at radius 1 is 1.54 bits per heavy atom. The van der Waals surface area contributed by atoms with Gasteiger partial charge in [-0.1, -0.05) is 6.92 Å². The van der Waals surface area contributed by atoms with Crippen molar-refractivity contribution in [2.75, 3.05) is 0 Å². The fraction of sp³-hybridized carbons (Fsp3) is 0.857. The van der Waals surface area contributed by atoms with E-state index in [2.05, 4.69) is 0 Å². The summed E-state index contributed by atoms with van der Waals surface area (Å²) in [6, 6.07) is 1.90. The molecule has 0 radical (unpaired) electrons. The maximum absolute atomic E-state index is 10.5. The third-order valence-corrected chi connectivity index (χ3v) is 3.04. The molecule has 0 heterocycles. The van der Waals surface area contributed by atoms with Crippen molar-refractivity contribution in [1.29, 1.82) is 5.26 Å². The van der Waals surface area contributed by atoms with Crippen molar-refractivity contribution in [3.05, 3.63) is 0 Å². The van der Waals surface area contributed by atoms with E-state index in [9.17, 15) is 13.0 Å². The van der Waals surface area contributed by atoms with Crippen LogP contribution in [-0.2, 0) is 10.1 Å². The molecule has 0 aliphatic carbocycles. The predicted molar refractivity (Wildman–Crippen MR) is 43.2 cm³/mol. The number of hydrogen-bond acceptors (Lipinski definition) is 4. The molecule has 0 amide bonds. The summed E-state index contributed by atoms with van der Waals surface area (Å²) in [5, 5.41) is 7.49. The molecule has 2 atom stereocenters. The Bertz CT molecular complexity index is 270. The SMILES string of the molecule is CCC(CC(C)C#N)S(=O)(=O)[O-].[Na+]. The molecule has 0 aromatic carbocycles. The van der Waals surface area contributed by atoms with Gasteiger partial charge in [0, 0.05) is 5.92 Å². The van der Waals surface area contributed by atoms with Gasteiger partial charge in [-0.05, 0) is 19.8 Å². The molecule has 0 spiro atoms. The molecular formula is C7H12NNaO3S. The predicted octanol–water partition coefficient (Wildman–Crippen LogP) is -2.14. The zero-order valence-corrected chi connectivity index (χ0v) is 11.0. The van der Waals surface area contributed by atoms with Crippen LogP contribution in [0.25, 0.3) is 0 Å². The largest absolute Gasteiger partial charge is 1.00 e. The smallest absolute Gasteiger partial charge is 0.748 e. The normalized spacial score (nSPS) is 15.2. The Morgan fingerprint density at radius 2 is 2.00 bits per heavy atom. The molecule has 0 bridgehead atoms. The molecule has 0 saturated carbocycles. The van der Waals surface area contributed by atoms with Gasteiger partial charge in [-0.25, -0.2) is 8.42 Å². The van der Waals surface area contributed by atoms with Crippen LogP contribution in [-0.4, -0.2) is 18.2 Å². The van der Waals surface area contributed by atoms with Gasteiger partial charge in [0.25, 0.3) is 0 Å². The molecule has 70 valence electrons. The molecule has 0 aromatic rings. The number of nitriles is 1. The van der Waals surface area contributed by atoms with Gasteiger partial charge in [-0.3, -0.25) is 0 Å². The standard InChI is InChI=1S/C7H13NO3S.Na/c1-3-7(12(9,10)11)4-6(2)5-8;/h6-7H,3-4H2,1-2H3,(H,9,10,11);/q;+1/p-1. The summed E-state index contributed by atoms with van der Waals surface area (Å²) in [7, 11) is -4.22. The van der Waals surface area contributed by atoms with E-state index in [-0.39, 0.29) is 48.3 Å².